The summed E-state index contributed by atoms with van der Waals surface area (Å²) in [5.41, 5.74) is 1.55. The first-order chi connectivity index (χ1) is 10.7. The number of rotatable bonds is 2. The van der Waals surface area contributed by atoms with Gasteiger partial charge in [0.25, 0.3) is 0 Å². The maximum Gasteiger partial charge on any atom is 0.235 e. The van der Waals surface area contributed by atoms with Crippen molar-refractivity contribution in [1.82, 2.24) is 19.8 Å². The molecule has 4 rings (SSSR count). The molecule has 0 spiro atoms. The van der Waals surface area contributed by atoms with Crippen molar-refractivity contribution >= 4 is 27.9 Å². The van der Waals surface area contributed by atoms with Crippen LogP contribution in [0, 0.1) is 5.82 Å². The number of benzene rings is 2. The maximum absolute atomic E-state index is 13.4. The molecule has 0 aliphatic heterocycles. The molecule has 7 heteroatoms. The largest absolute Gasteiger partial charge is 0.235 e. The van der Waals surface area contributed by atoms with Crippen LogP contribution in [0.1, 0.15) is 0 Å². The van der Waals surface area contributed by atoms with Crippen molar-refractivity contribution in [2.45, 2.75) is 0 Å². The lowest BCUT2D eigenvalue weighted by molar-refractivity contribution is 0.628. The van der Waals surface area contributed by atoms with E-state index in [9.17, 15) is 4.39 Å². The van der Waals surface area contributed by atoms with Gasteiger partial charge in [0.1, 0.15) is 10.8 Å². The summed E-state index contributed by atoms with van der Waals surface area (Å²) >= 11 is 7.42. The van der Waals surface area contributed by atoms with Gasteiger partial charge in [0.2, 0.25) is 4.96 Å². The molecule has 0 atom stereocenters. The Kier molecular flexibility index (Phi) is 3.13. The predicted octanol–water partition coefficient (Wildman–Crippen LogP) is 4.31. The van der Waals surface area contributed by atoms with Crippen LogP contribution in [0.25, 0.3) is 26.9 Å². The van der Waals surface area contributed by atoms with E-state index in [1.807, 2.05) is 24.3 Å². The Bertz CT molecular complexity index is 979. The van der Waals surface area contributed by atoms with Gasteiger partial charge in [-0.3, -0.25) is 0 Å². The highest BCUT2D eigenvalue weighted by Crippen LogP contribution is 2.29. The van der Waals surface area contributed by atoms with E-state index in [0.717, 1.165) is 10.6 Å². The minimum Gasteiger partial charge on any atom is -0.207 e. The van der Waals surface area contributed by atoms with Crippen LogP contribution in [0.15, 0.2) is 48.5 Å². The van der Waals surface area contributed by atoms with Gasteiger partial charge in [-0.1, -0.05) is 47.2 Å². The summed E-state index contributed by atoms with van der Waals surface area (Å²) in [6, 6.07) is 13.7. The monoisotopic (exact) mass is 330 g/mol. The first kappa shape index (κ1) is 13.4. The number of nitrogens with zero attached hydrogens (tertiary/aromatic N) is 4. The summed E-state index contributed by atoms with van der Waals surface area (Å²) in [5.74, 6) is 0.193. The zero-order chi connectivity index (χ0) is 15.1. The summed E-state index contributed by atoms with van der Waals surface area (Å²) in [6.45, 7) is 0. The molecule has 0 N–H and O–H groups in total. The molecule has 2 heterocycles. The molecule has 0 aliphatic carbocycles. The van der Waals surface area contributed by atoms with Crippen molar-refractivity contribution in [2.24, 2.45) is 0 Å². The summed E-state index contributed by atoms with van der Waals surface area (Å²) in [6.07, 6.45) is 0. The normalized spacial score (nSPS) is 11.2. The van der Waals surface area contributed by atoms with Gasteiger partial charge in [0.05, 0.1) is 0 Å². The summed E-state index contributed by atoms with van der Waals surface area (Å²) in [5, 5.41) is 14.1. The van der Waals surface area contributed by atoms with Crippen LogP contribution in [0.2, 0.25) is 5.02 Å². The Morgan fingerprint density at radius 1 is 1.00 bits per heavy atom. The fraction of sp³-hybridized carbons (Fsp3) is 0. The van der Waals surface area contributed by atoms with Gasteiger partial charge in [-0.25, -0.2) is 4.39 Å². The molecule has 0 bridgehead atoms. The lowest BCUT2D eigenvalue weighted by atomic mass is 10.2. The zero-order valence-electron chi connectivity index (χ0n) is 11.1. The van der Waals surface area contributed by atoms with E-state index in [1.165, 1.54) is 23.5 Å². The van der Waals surface area contributed by atoms with Crippen molar-refractivity contribution in [3.8, 4) is 22.0 Å². The third-order valence-electron chi connectivity index (χ3n) is 3.15. The molecule has 0 aliphatic rings. The molecule has 22 heavy (non-hydrogen) atoms. The molecule has 2 aromatic heterocycles. The molecule has 4 aromatic rings. The number of fused-ring (bicyclic) bond motifs is 1. The summed E-state index contributed by atoms with van der Waals surface area (Å²) in [4.78, 5) is 0.647. The Balaban J connectivity index is 1.86. The van der Waals surface area contributed by atoms with Gasteiger partial charge in [0, 0.05) is 16.1 Å². The first-order valence-electron chi connectivity index (χ1n) is 6.45. The zero-order valence-corrected chi connectivity index (χ0v) is 12.6. The molecule has 0 fully saturated rings. The van der Waals surface area contributed by atoms with Crippen molar-refractivity contribution in [1.29, 1.82) is 0 Å². The Labute approximate surface area is 133 Å². The van der Waals surface area contributed by atoms with Crippen LogP contribution in [-0.4, -0.2) is 19.8 Å². The number of halogens is 2. The second kappa shape index (κ2) is 5.15. The molecule has 2 aromatic carbocycles. The average molecular weight is 331 g/mol. The Hall–Kier alpha value is -2.31. The molecule has 0 amide bonds. The molecule has 4 nitrogen and oxygen atoms in total. The minimum atomic E-state index is -0.320. The van der Waals surface area contributed by atoms with Crippen molar-refractivity contribution in [3.05, 3.63) is 59.4 Å². The maximum atomic E-state index is 13.4. The van der Waals surface area contributed by atoms with Gasteiger partial charge in [0.15, 0.2) is 5.82 Å². The topological polar surface area (TPSA) is 43.1 Å². The lowest BCUT2D eigenvalue weighted by Gasteiger charge is -1.97. The molecular weight excluding hydrogens is 323 g/mol. The molecule has 0 unspecified atom stereocenters. The van der Waals surface area contributed by atoms with E-state index in [4.69, 9.17) is 11.6 Å². The highest BCUT2D eigenvalue weighted by Gasteiger charge is 2.14. The number of hydrogen-bond donors (Lipinski definition) is 0. The van der Waals surface area contributed by atoms with Crippen molar-refractivity contribution in [2.75, 3.05) is 0 Å². The third-order valence-corrected chi connectivity index (χ3v) is 4.33. The second-order valence-corrected chi connectivity index (χ2v) is 6.04. The number of hydrogen-bond acceptors (Lipinski definition) is 4. The smallest absolute Gasteiger partial charge is 0.207 e. The molecule has 0 saturated carbocycles. The van der Waals surface area contributed by atoms with Gasteiger partial charge >= 0.3 is 0 Å². The summed E-state index contributed by atoms with van der Waals surface area (Å²) < 4.78 is 15.0. The van der Waals surface area contributed by atoms with Gasteiger partial charge < -0.3 is 0 Å². The molecule has 108 valence electrons. The third kappa shape index (κ3) is 2.26. The van der Waals surface area contributed by atoms with E-state index in [2.05, 4.69) is 15.3 Å². The Morgan fingerprint density at radius 2 is 1.82 bits per heavy atom. The molecule has 0 saturated heterocycles. The van der Waals surface area contributed by atoms with Crippen molar-refractivity contribution in [3.63, 3.8) is 0 Å². The fourth-order valence-corrected chi connectivity index (χ4v) is 3.19. The van der Waals surface area contributed by atoms with Crippen LogP contribution in [0.4, 0.5) is 4.39 Å². The average Bonchev–Trinajstić information content (AvgIpc) is 3.07. The van der Waals surface area contributed by atoms with Crippen LogP contribution < -0.4 is 0 Å². The van der Waals surface area contributed by atoms with Gasteiger partial charge in [-0.2, -0.15) is 9.61 Å². The van der Waals surface area contributed by atoms with E-state index in [0.29, 0.717) is 21.4 Å². The van der Waals surface area contributed by atoms with Gasteiger partial charge in [-0.05, 0) is 24.3 Å². The van der Waals surface area contributed by atoms with Crippen LogP contribution in [0.5, 0.6) is 0 Å². The second-order valence-electron chi connectivity index (χ2n) is 4.65. The van der Waals surface area contributed by atoms with E-state index < -0.39 is 0 Å². The minimum absolute atomic E-state index is 0.320. The molecular formula is C15H8ClFN4S. The van der Waals surface area contributed by atoms with Gasteiger partial charge in [-0.15, -0.1) is 10.2 Å². The fourth-order valence-electron chi connectivity index (χ4n) is 2.16. The molecule has 0 radical (unpaired) electrons. The van der Waals surface area contributed by atoms with Crippen LogP contribution in [0.3, 0.4) is 0 Å². The summed E-state index contributed by atoms with van der Waals surface area (Å²) in [7, 11) is 0. The van der Waals surface area contributed by atoms with Crippen LogP contribution >= 0.6 is 22.9 Å². The number of aromatic nitrogens is 4. The SMILES string of the molecule is Fc1cccc(-c2nnc3sc(-c4cccc(Cl)c4)nn23)c1. The Morgan fingerprint density at radius 3 is 2.64 bits per heavy atom. The van der Waals surface area contributed by atoms with E-state index >= 15 is 0 Å². The van der Waals surface area contributed by atoms with E-state index in [1.54, 1.807) is 16.6 Å². The van der Waals surface area contributed by atoms with Crippen LogP contribution in [-0.2, 0) is 0 Å². The highest BCUT2D eigenvalue weighted by molar-refractivity contribution is 7.19. The van der Waals surface area contributed by atoms with Crippen molar-refractivity contribution < 1.29 is 4.39 Å². The highest BCUT2D eigenvalue weighted by atomic mass is 35.5. The van der Waals surface area contributed by atoms with E-state index in [-0.39, 0.29) is 5.82 Å². The lowest BCUT2D eigenvalue weighted by Crippen LogP contribution is -1.91. The standard InChI is InChI=1S/C15H8ClFN4S/c16-11-5-1-4-10(7-11)14-20-21-13(18-19-15(21)22-14)9-3-2-6-12(17)8-9/h1-8H. The predicted molar refractivity (Wildman–Crippen MR) is 84.5 cm³/mol. The quantitative estimate of drug-likeness (QED) is 0.550. The first-order valence-corrected chi connectivity index (χ1v) is 7.64.